The van der Waals surface area contributed by atoms with Crippen molar-refractivity contribution in [1.29, 1.82) is 0 Å². The van der Waals surface area contributed by atoms with Crippen molar-refractivity contribution < 1.29 is 13.2 Å². The molecule has 2 aromatic heterocycles. The van der Waals surface area contributed by atoms with Crippen LogP contribution in [0.25, 0.3) is 10.2 Å². The van der Waals surface area contributed by atoms with Gasteiger partial charge in [0.15, 0.2) is 5.13 Å². The van der Waals surface area contributed by atoms with E-state index in [-0.39, 0.29) is 10.1 Å². The Balaban J connectivity index is 1.60. The number of sulfonamides is 1. The van der Waals surface area contributed by atoms with Gasteiger partial charge in [-0.2, -0.15) is 4.31 Å². The van der Waals surface area contributed by atoms with E-state index in [0.29, 0.717) is 18.1 Å². The number of aromatic nitrogens is 1. The second-order valence-corrected chi connectivity index (χ2v) is 11.1. The van der Waals surface area contributed by atoms with E-state index in [1.165, 1.54) is 27.0 Å². The molecule has 1 atom stereocenters. The van der Waals surface area contributed by atoms with Gasteiger partial charge in [0.25, 0.3) is 10.0 Å². The third-order valence-electron chi connectivity index (χ3n) is 4.86. The summed E-state index contributed by atoms with van der Waals surface area (Å²) in [7, 11) is -3.67. The van der Waals surface area contributed by atoms with Crippen molar-refractivity contribution in [1.82, 2.24) is 9.29 Å². The third-order valence-corrected chi connectivity index (χ3v) is 9.27. The smallest absolute Gasteiger partial charge is 0.253 e. The summed E-state index contributed by atoms with van der Waals surface area (Å²) in [5.41, 5.74) is 3.09. The van der Waals surface area contributed by atoms with E-state index in [9.17, 15) is 13.2 Å². The number of hydrogen-bond donors (Lipinski definition) is 1. The van der Waals surface area contributed by atoms with E-state index in [2.05, 4.69) is 16.4 Å². The zero-order valence-corrected chi connectivity index (χ0v) is 18.1. The lowest BCUT2D eigenvalue weighted by molar-refractivity contribution is -0.120. The van der Waals surface area contributed by atoms with Gasteiger partial charge in [0, 0.05) is 6.54 Å². The summed E-state index contributed by atoms with van der Waals surface area (Å²) in [4.78, 5) is 17.5. The van der Waals surface area contributed by atoms with Crippen LogP contribution in [-0.2, 0) is 14.8 Å². The summed E-state index contributed by atoms with van der Waals surface area (Å²) >= 11 is 2.60. The van der Waals surface area contributed by atoms with E-state index in [0.717, 1.165) is 34.2 Å². The number of rotatable bonds is 4. The van der Waals surface area contributed by atoms with E-state index in [4.69, 9.17) is 0 Å². The van der Waals surface area contributed by atoms with Crippen LogP contribution in [0.5, 0.6) is 0 Å². The van der Waals surface area contributed by atoms with Gasteiger partial charge in [0.2, 0.25) is 5.91 Å². The molecule has 148 valence electrons. The lowest BCUT2D eigenvalue weighted by Crippen LogP contribution is -2.49. The highest BCUT2D eigenvalue weighted by Gasteiger charge is 2.38. The number of nitrogens with one attached hydrogen (secondary N) is 1. The molecule has 4 rings (SSSR count). The van der Waals surface area contributed by atoms with Crippen molar-refractivity contribution in [3.05, 3.63) is 40.8 Å². The molecule has 1 amide bonds. The quantitative estimate of drug-likeness (QED) is 0.667. The van der Waals surface area contributed by atoms with Crippen molar-refractivity contribution in [3.63, 3.8) is 0 Å². The van der Waals surface area contributed by atoms with Crippen LogP contribution in [0.15, 0.2) is 33.9 Å². The number of benzene rings is 1. The van der Waals surface area contributed by atoms with Crippen molar-refractivity contribution >= 4 is 54.0 Å². The minimum Gasteiger partial charge on any atom is -0.301 e. The number of anilines is 1. The molecule has 0 saturated carbocycles. The highest BCUT2D eigenvalue weighted by Crippen LogP contribution is 2.32. The average molecular weight is 436 g/mol. The van der Waals surface area contributed by atoms with Gasteiger partial charge >= 0.3 is 0 Å². The Morgan fingerprint density at radius 1 is 1.29 bits per heavy atom. The van der Waals surface area contributed by atoms with Gasteiger partial charge in [-0.05, 0) is 55.3 Å². The Morgan fingerprint density at radius 2 is 2.11 bits per heavy atom. The molecule has 0 spiro atoms. The van der Waals surface area contributed by atoms with E-state index < -0.39 is 16.1 Å². The molecule has 1 fully saturated rings. The standard InChI is InChI=1S/C19H21N3O3S3/c1-12-10-13(2)17-14(11-12)20-19(27-17)21-18(23)15-6-3-4-8-22(15)28(24,25)16-7-5-9-26-16/h5,7,9-11,15H,3-4,6,8H2,1-2H3,(H,20,21,23)/t15-/m0/s1. The van der Waals surface area contributed by atoms with Crippen LogP contribution in [0.4, 0.5) is 5.13 Å². The van der Waals surface area contributed by atoms with Gasteiger partial charge in [-0.3, -0.25) is 4.79 Å². The molecule has 1 aromatic carbocycles. The van der Waals surface area contributed by atoms with Gasteiger partial charge in [-0.25, -0.2) is 13.4 Å². The molecule has 1 aliphatic heterocycles. The maximum atomic E-state index is 13.0. The number of hydrogen-bond acceptors (Lipinski definition) is 6. The molecule has 0 unspecified atom stereocenters. The van der Waals surface area contributed by atoms with Gasteiger partial charge in [-0.15, -0.1) is 11.3 Å². The number of fused-ring (bicyclic) bond motifs is 1. The van der Waals surface area contributed by atoms with Crippen LogP contribution >= 0.6 is 22.7 Å². The molecule has 1 N–H and O–H groups in total. The number of carbonyl (C=O) groups excluding carboxylic acids is 1. The predicted octanol–water partition coefficient (Wildman–Crippen LogP) is 4.16. The van der Waals surface area contributed by atoms with Crippen molar-refractivity contribution in [2.24, 2.45) is 0 Å². The van der Waals surface area contributed by atoms with Gasteiger partial charge in [-0.1, -0.05) is 29.9 Å². The zero-order chi connectivity index (χ0) is 19.9. The van der Waals surface area contributed by atoms with E-state index in [1.54, 1.807) is 17.5 Å². The van der Waals surface area contributed by atoms with Crippen molar-refractivity contribution in [2.75, 3.05) is 11.9 Å². The summed E-state index contributed by atoms with van der Waals surface area (Å²) in [6, 6.07) is 6.66. The predicted molar refractivity (Wildman–Crippen MR) is 114 cm³/mol. The first kappa shape index (κ1) is 19.5. The number of thiazole rings is 1. The minimum atomic E-state index is -3.67. The monoisotopic (exact) mass is 435 g/mol. The second kappa shape index (κ2) is 7.55. The minimum absolute atomic E-state index is 0.276. The summed E-state index contributed by atoms with van der Waals surface area (Å²) in [5.74, 6) is -0.312. The van der Waals surface area contributed by atoms with Gasteiger partial charge in [0.05, 0.1) is 10.2 Å². The largest absolute Gasteiger partial charge is 0.301 e. The first-order valence-corrected chi connectivity index (χ1v) is 12.2. The first-order valence-electron chi connectivity index (χ1n) is 9.10. The third kappa shape index (κ3) is 3.59. The molecule has 1 aliphatic rings. The number of nitrogens with zero attached hydrogens (tertiary/aromatic N) is 2. The fourth-order valence-electron chi connectivity index (χ4n) is 3.60. The average Bonchev–Trinajstić information content (AvgIpc) is 3.32. The maximum Gasteiger partial charge on any atom is 0.253 e. The molecule has 0 radical (unpaired) electrons. The summed E-state index contributed by atoms with van der Waals surface area (Å²) < 4.78 is 28.6. The molecular formula is C19H21N3O3S3. The maximum absolute atomic E-state index is 13.0. The molecular weight excluding hydrogens is 414 g/mol. The Bertz CT molecular complexity index is 1120. The first-order chi connectivity index (χ1) is 13.4. The topological polar surface area (TPSA) is 79.4 Å². The summed E-state index contributed by atoms with van der Waals surface area (Å²) in [6.07, 6.45) is 2.10. The lowest BCUT2D eigenvalue weighted by atomic mass is 10.0. The lowest BCUT2D eigenvalue weighted by Gasteiger charge is -2.32. The summed E-state index contributed by atoms with van der Waals surface area (Å²) in [5, 5.41) is 5.10. The van der Waals surface area contributed by atoms with Crippen LogP contribution in [0, 0.1) is 13.8 Å². The van der Waals surface area contributed by atoms with Crippen LogP contribution in [0.3, 0.4) is 0 Å². The normalized spacial score (nSPS) is 18.4. The molecule has 3 aromatic rings. The van der Waals surface area contributed by atoms with Crippen molar-refractivity contribution in [2.45, 2.75) is 43.4 Å². The molecule has 6 nitrogen and oxygen atoms in total. The number of thiophene rings is 1. The fraction of sp³-hybridized carbons (Fsp3) is 0.368. The van der Waals surface area contributed by atoms with Crippen LogP contribution in [0.1, 0.15) is 30.4 Å². The van der Waals surface area contributed by atoms with E-state index >= 15 is 0 Å². The number of amides is 1. The number of piperidine rings is 1. The Labute approximate surface area is 172 Å². The van der Waals surface area contributed by atoms with Crippen molar-refractivity contribution in [3.8, 4) is 0 Å². The second-order valence-electron chi connectivity index (χ2n) is 7.00. The number of carbonyl (C=O) groups is 1. The Kier molecular flexibility index (Phi) is 5.26. The Hall–Kier alpha value is -1.81. The van der Waals surface area contributed by atoms with Crippen LogP contribution in [0.2, 0.25) is 0 Å². The van der Waals surface area contributed by atoms with Gasteiger partial charge in [0.1, 0.15) is 10.3 Å². The van der Waals surface area contributed by atoms with Crippen LogP contribution in [-0.4, -0.2) is 36.2 Å². The fourth-order valence-corrected chi connectivity index (χ4v) is 7.29. The van der Waals surface area contributed by atoms with Crippen LogP contribution < -0.4 is 5.32 Å². The molecule has 28 heavy (non-hydrogen) atoms. The van der Waals surface area contributed by atoms with Gasteiger partial charge < -0.3 is 5.32 Å². The molecule has 3 heterocycles. The Morgan fingerprint density at radius 3 is 2.86 bits per heavy atom. The summed E-state index contributed by atoms with van der Waals surface area (Å²) in [6.45, 7) is 4.39. The highest BCUT2D eigenvalue weighted by atomic mass is 32.2. The molecule has 9 heteroatoms. The zero-order valence-electron chi connectivity index (χ0n) is 15.6. The molecule has 0 bridgehead atoms. The molecule has 0 aliphatic carbocycles. The molecule has 1 saturated heterocycles. The SMILES string of the molecule is Cc1cc(C)c2sc(NC(=O)[C@@H]3CCCCN3S(=O)(=O)c3cccs3)nc2c1. The number of aryl methyl sites for hydroxylation is 2. The van der Waals surface area contributed by atoms with E-state index in [1.807, 2.05) is 19.9 Å². The highest BCUT2D eigenvalue weighted by molar-refractivity contribution is 7.91.